The first-order chi connectivity index (χ1) is 9.75. The molecule has 0 aromatic heterocycles. The van der Waals surface area contributed by atoms with Crippen molar-refractivity contribution in [2.24, 2.45) is 5.73 Å². The molecule has 0 aliphatic rings. The highest BCUT2D eigenvalue weighted by Crippen LogP contribution is 2.31. The molecule has 1 unspecified atom stereocenters. The van der Waals surface area contributed by atoms with Gasteiger partial charge in [-0.1, -0.05) is 23.8 Å². The molecule has 0 aliphatic heterocycles. The van der Waals surface area contributed by atoms with Crippen LogP contribution >= 0.6 is 0 Å². The predicted octanol–water partition coefficient (Wildman–Crippen LogP) is 4.05. The Hall–Kier alpha value is -1.95. The molecule has 2 N–H and O–H groups in total. The van der Waals surface area contributed by atoms with Crippen LogP contribution < -0.4 is 5.73 Å². The quantitative estimate of drug-likeness (QED) is 0.505. The Kier molecular flexibility index (Phi) is 4.00. The number of aryl methyl sites for hydroxylation is 2. The summed E-state index contributed by atoms with van der Waals surface area (Å²) in [4.78, 5) is 0. The Morgan fingerprint density at radius 3 is 1.81 bits per heavy atom. The van der Waals surface area contributed by atoms with Gasteiger partial charge in [-0.2, -0.15) is 0 Å². The molecule has 2 aromatic carbocycles. The van der Waals surface area contributed by atoms with E-state index in [0.717, 1.165) is 5.56 Å². The second kappa shape index (κ2) is 5.44. The Labute approximate surface area is 118 Å². The molecule has 0 radical (unpaired) electrons. The van der Waals surface area contributed by atoms with Crippen LogP contribution in [-0.4, -0.2) is 0 Å². The third-order valence-electron chi connectivity index (χ3n) is 3.32. The Balaban J connectivity index is 2.69. The van der Waals surface area contributed by atoms with Crippen molar-refractivity contribution < 1.29 is 22.0 Å². The highest BCUT2D eigenvalue weighted by molar-refractivity contribution is 5.40. The number of hydrogen-bond donors (Lipinski definition) is 1. The number of hydrogen-bond acceptors (Lipinski definition) is 1. The maximum Gasteiger partial charge on any atom is 0.200 e. The van der Waals surface area contributed by atoms with Crippen LogP contribution in [0.1, 0.15) is 28.3 Å². The van der Waals surface area contributed by atoms with Gasteiger partial charge in [-0.3, -0.25) is 0 Å². The lowest BCUT2D eigenvalue weighted by Crippen LogP contribution is -2.20. The third kappa shape index (κ3) is 2.51. The topological polar surface area (TPSA) is 26.0 Å². The summed E-state index contributed by atoms with van der Waals surface area (Å²) in [6, 6.07) is 3.52. The molecule has 0 heterocycles. The molecule has 0 saturated heterocycles. The van der Waals surface area contributed by atoms with Crippen LogP contribution in [0.15, 0.2) is 18.2 Å². The second-order valence-corrected chi connectivity index (χ2v) is 4.82. The summed E-state index contributed by atoms with van der Waals surface area (Å²) < 4.78 is 67.1. The average molecular weight is 301 g/mol. The Morgan fingerprint density at radius 1 is 0.810 bits per heavy atom. The van der Waals surface area contributed by atoms with Crippen molar-refractivity contribution in [1.29, 1.82) is 0 Å². The van der Waals surface area contributed by atoms with Gasteiger partial charge in [0.2, 0.25) is 5.82 Å². The molecular formula is C15H12F5N. The number of halogens is 5. The van der Waals surface area contributed by atoms with Crippen molar-refractivity contribution in [2.45, 2.75) is 19.9 Å². The minimum absolute atomic E-state index is 0.304. The summed E-state index contributed by atoms with van der Waals surface area (Å²) in [5, 5.41) is 0. The van der Waals surface area contributed by atoms with Crippen molar-refractivity contribution in [3.05, 3.63) is 69.5 Å². The molecule has 21 heavy (non-hydrogen) atoms. The maximum absolute atomic E-state index is 13.8. The summed E-state index contributed by atoms with van der Waals surface area (Å²) in [6.45, 7) is 3.37. The molecule has 2 rings (SSSR count). The predicted molar refractivity (Wildman–Crippen MR) is 68.2 cm³/mol. The molecule has 1 nitrogen and oxygen atoms in total. The zero-order chi connectivity index (χ0) is 15.9. The zero-order valence-corrected chi connectivity index (χ0v) is 11.3. The van der Waals surface area contributed by atoms with Crippen molar-refractivity contribution >= 4 is 0 Å². The summed E-state index contributed by atoms with van der Waals surface area (Å²) in [5.41, 5.74) is 6.37. The van der Waals surface area contributed by atoms with Crippen LogP contribution in [-0.2, 0) is 0 Å². The van der Waals surface area contributed by atoms with Gasteiger partial charge in [-0.15, -0.1) is 0 Å². The van der Waals surface area contributed by atoms with Gasteiger partial charge in [-0.05, 0) is 25.0 Å². The molecule has 0 saturated carbocycles. The second-order valence-electron chi connectivity index (χ2n) is 4.82. The largest absolute Gasteiger partial charge is 0.320 e. The fraction of sp³-hybridized carbons (Fsp3) is 0.200. The van der Waals surface area contributed by atoms with Gasteiger partial charge in [0.15, 0.2) is 23.3 Å². The van der Waals surface area contributed by atoms with E-state index in [9.17, 15) is 22.0 Å². The van der Waals surface area contributed by atoms with E-state index in [1.165, 1.54) is 0 Å². The van der Waals surface area contributed by atoms with Gasteiger partial charge >= 0.3 is 0 Å². The normalized spacial score (nSPS) is 12.6. The summed E-state index contributed by atoms with van der Waals surface area (Å²) in [5.74, 6) is -9.99. The van der Waals surface area contributed by atoms with E-state index < -0.39 is 40.7 Å². The first-order valence-corrected chi connectivity index (χ1v) is 6.09. The van der Waals surface area contributed by atoms with Gasteiger partial charge in [-0.25, -0.2) is 22.0 Å². The van der Waals surface area contributed by atoms with Crippen LogP contribution in [0.4, 0.5) is 22.0 Å². The van der Waals surface area contributed by atoms with E-state index in [1.54, 1.807) is 32.0 Å². The van der Waals surface area contributed by atoms with Crippen LogP contribution in [0.5, 0.6) is 0 Å². The van der Waals surface area contributed by atoms with E-state index in [1.807, 2.05) is 0 Å². The highest BCUT2D eigenvalue weighted by atomic mass is 19.2. The molecular weight excluding hydrogens is 289 g/mol. The smallest absolute Gasteiger partial charge is 0.200 e. The van der Waals surface area contributed by atoms with E-state index >= 15 is 0 Å². The van der Waals surface area contributed by atoms with Crippen molar-refractivity contribution in [3.63, 3.8) is 0 Å². The molecule has 0 spiro atoms. The summed E-state index contributed by atoms with van der Waals surface area (Å²) >= 11 is 0. The number of rotatable bonds is 2. The average Bonchev–Trinajstić information content (AvgIpc) is 2.45. The van der Waals surface area contributed by atoms with E-state index in [-0.39, 0.29) is 0 Å². The van der Waals surface area contributed by atoms with Crippen molar-refractivity contribution in [2.75, 3.05) is 0 Å². The molecule has 1 atom stereocenters. The highest BCUT2D eigenvalue weighted by Gasteiger charge is 2.30. The standard InChI is InChI=1S/C15H12F5N/c1-6-3-4-7(2)8(5-6)15(21)9-10(16)12(18)14(20)13(19)11(9)17/h3-5,15H,21H2,1-2H3. The monoisotopic (exact) mass is 301 g/mol. The van der Waals surface area contributed by atoms with E-state index in [0.29, 0.717) is 11.1 Å². The van der Waals surface area contributed by atoms with Gasteiger partial charge in [0.25, 0.3) is 0 Å². The molecule has 0 aliphatic carbocycles. The molecule has 0 fully saturated rings. The lowest BCUT2D eigenvalue weighted by atomic mass is 9.93. The first kappa shape index (κ1) is 15.4. The fourth-order valence-corrected chi connectivity index (χ4v) is 2.15. The Morgan fingerprint density at radius 2 is 1.29 bits per heavy atom. The molecule has 0 bridgehead atoms. The van der Waals surface area contributed by atoms with Crippen LogP contribution in [0, 0.1) is 42.9 Å². The fourth-order valence-electron chi connectivity index (χ4n) is 2.15. The third-order valence-corrected chi connectivity index (χ3v) is 3.32. The van der Waals surface area contributed by atoms with E-state index in [4.69, 9.17) is 5.73 Å². The van der Waals surface area contributed by atoms with Gasteiger partial charge in [0.05, 0.1) is 11.6 Å². The summed E-state index contributed by atoms with van der Waals surface area (Å²) in [7, 11) is 0. The van der Waals surface area contributed by atoms with Crippen molar-refractivity contribution in [1.82, 2.24) is 0 Å². The van der Waals surface area contributed by atoms with Gasteiger partial charge in [0.1, 0.15) is 0 Å². The van der Waals surface area contributed by atoms with Crippen LogP contribution in [0.25, 0.3) is 0 Å². The molecule has 0 amide bonds. The maximum atomic E-state index is 13.8. The number of benzene rings is 2. The van der Waals surface area contributed by atoms with Gasteiger partial charge in [0, 0.05) is 0 Å². The summed E-state index contributed by atoms with van der Waals surface area (Å²) in [6.07, 6.45) is 0. The lowest BCUT2D eigenvalue weighted by Gasteiger charge is -2.18. The van der Waals surface area contributed by atoms with Crippen LogP contribution in [0.2, 0.25) is 0 Å². The number of nitrogens with two attached hydrogens (primary N) is 1. The minimum atomic E-state index is -2.19. The van der Waals surface area contributed by atoms with Gasteiger partial charge < -0.3 is 5.73 Å². The lowest BCUT2D eigenvalue weighted by molar-refractivity contribution is 0.367. The van der Waals surface area contributed by atoms with Crippen molar-refractivity contribution in [3.8, 4) is 0 Å². The van der Waals surface area contributed by atoms with Crippen LogP contribution in [0.3, 0.4) is 0 Å². The molecule has 2 aromatic rings. The molecule has 6 heteroatoms. The minimum Gasteiger partial charge on any atom is -0.320 e. The zero-order valence-electron chi connectivity index (χ0n) is 11.3. The SMILES string of the molecule is Cc1ccc(C)c(C(N)c2c(F)c(F)c(F)c(F)c2F)c1. The first-order valence-electron chi connectivity index (χ1n) is 6.09. The Bertz CT molecular complexity index is 683. The van der Waals surface area contributed by atoms with E-state index in [2.05, 4.69) is 0 Å². The molecule has 112 valence electrons.